The molecule has 7 heteroatoms. The van der Waals surface area contributed by atoms with E-state index in [-0.39, 0.29) is 11.8 Å². The van der Waals surface area contributed by atoms with E-state index in [9.17, 15) is 4.79 Å². The molecule has 6 nitrogen and oxygen atoms in total. The van der Waals surface area contributed by atoms with E-state index in [1.807, 2.05) is 30.0 Å². The third kappa shape index (κ3) is 2.49. The Morgan fingerprint density at radius 1 is 1.39 bits per heavy atom. The molecule has 1 aliphatic heterocycles. The molecule has 2 aromatic heterocycles. The molecule has 3 heterocycles. The average molecular weight is 330 g/mol. The third-order valence-corrected chi connectivity index (χ3v) is 4.67. The van der Waals surface area contributed by atoms with Crippen molar-refractivity contribution in [2.24, 2.45) is 0 Å². The predicted molar refractivity (Wildman–Crippen MR) is 87.7 cm³/mol. The van der Waals surface area contributed by atoms with Crippen molar-refractivity contribution in [2.75, 3.05) is 13.1 Å². The van der Waals surface area contributed by atoms with E-state index >= 15 is 0 Å². The topological polar surface area (TPSA) is 77.7 Å². The molecule has 0 radical (unpaired) electrons. The quantitative estimate of drug-likeness (QED) is 0.759. The number of rotatable bonds is 2. The zero-order valence-corrected chi connectivity index (χ0v) is 13.4. The number of likely N-dealkylation sites (tertiary alicyclic amines) is 1. The predicted octanol–water partition coefficient (Wildman–Crippen LogP) is 2.88. The summed E-state index contributed by atoms with van der Waals surface area (Å²) in [6.07, 6.45) is 2.64. The Labute approximate surface area is 137 Å². The first-order valence-electron chi connectivity index (χ1n) is 7.55. The van der Waals surface area contributed by atoms with Gasteiger partial charge in [0, 0.05) is 34.9 Å². The van der Waals surface area contributed by atoms with Crippen LogP contribution >= 0.6 is 11.6 Å². The maximum Gasteiger partial charge on any atom is 0.270 e. The van der Waals surface area contributed by atoms with E-state index in [1.165, 1.54) is 0 Å². The molecule has 1 amide bonds. The van der Waals surface area contributed by atoms with Crippen LogP contribution < -0.4 is 0 Å². The van der Waals surface area contributed by atoms with Crippen LogP contribution in [0, 0.1) is 6.92 Å². The maximum absolute atomic E-state index is 12.7. The Morgan fingerprint density at radius 3 is 3.04 bits per heavy atom. The highest BCUT2D eigenvalue weighted by Gasteiger charge is 2.30. The first-order valence-corrected chi connectivity index (χ1v) is 7.93. The van der Waals surface area contributed by atoms with Gasteiger partial charge < -0.3 is 9.88 Å². The summed E-state index contributed by atoms with van der Waals surface area (Å²) < 4.78 is 0. The number of aromatic nitrogens is 4. The summed E-state index contributed by atoms with van der Waals surface area (Å²) in [5, 5.41) is 12.2. The van der Waals surface area contributed by atoms with Gasteiger partial charge in [-0.25, -0.2) is 0 Å². The average Bonchev–Trinajstić information content (AvgIpc) is 3.25. The van der Waals surface area contributed by atoms with E-state index < -0.39 is 0 Å². The van der Waals surface area contributed by atoms with Gasteiger partial charge in [-0.05, 0) is 37.1 Å². The summed E-state index contributed by atoms with van der Waals surface area (Å²) in [5.74, 6) is 0.265. The van der Waals surface area contributed by atoms with Gasteiger partial charge in [0.25, 0.3) is 5.91 Å². The fraction of sp³-hybridized carbons (Fsp3) is 0.312. The molecule has 0 bridgehead atoms. The van der Waals surface area contributed by atoms with Gasteiger partial charge in [0.05, 0.1) is 11.9 Å². The molecule has 1 aliphatic rings. The molecule has 0 saturated carbocycles. The van der Waals surface area contributed by atoms with Gasteiger partial charge in [-0.1, -0.05) is 11.6 Å². The number of aryl methyl sites for hydroxylation is 1. The van der Waals surface area contributed by atoms with Gasteiger partial charge in [-0.2, -0.15) is 15.4 Å². The summed E-state index contributed by atoms with van der Waals surface area (Å²) in [6.45, 7) is 3.38. The summed E-state index contributed by atoms with van der Waals surface area (Å²) in [6, 6.07) is 5.64. The van der Waals surface area contributed by atoms with E-state index in [4.69, 9.17) is 11.6 Å². The zero-order chi connectivity index (χ0) is 16.0. The molecule has 1 fully saturated rings. The first-order chi connectivity index (χ1) is 11.1. The standard InChI is InChI=1S/C16H16ClN5O/c1-9-4-12(17)5-11-6-13(19-15(9)11)16(23)22-3-2-10(8-22)14-7-18-21-20-14/h4-7,10,19H,2-3,8H2,1H3,(H,18,20,21). The Hall–Kier alpha value is -2.34. The molecule has 1 unspecified atom stereocenters. The van der Waals surface area contributed by atoms with Crippen LogP contribution in [0.5, 0.6) is 0 Å². The second kappa shape index (κ2) is 5.38. The van der Waals surface area contributed by atoms with Crippen molar-refractivity contribution in [2.45, 2.75) is 19.3 Å². The molecule has 0 aliphatic carbocycles. The summed E-state index contributed by atoms with van der Waals surface area (Å²) in [5.41, 5.74) is 3.52. The fourth-order valence-electron chi connectivity index (χ4n) is 3.26. The molecule has 1 atom stereocenters. The summed E-state index contributed by atoms with van der Waals surface area (Å²) in [7, 11) is 0. The number of H-pyrrole nitrogens is 2. The van der Waals surface area contributed by atoms with Gasteiger partial charge in [0.1, 0.15) is 5.69 Å². The van der Waals surface area contributed by atoms with Crippen LogP contribution in [0.15, 0.2) is 24.4 Å². The van der Waals surface area contributed by atoms with E-state index in [1.54, 1.807) is 6.20 Å². The summed E-state index contributed by atoms with van der Waals surface area (Å²) >= 11 is 6.09. The minimum absolute atomic E-state index is 0.0164. The first kappa shape index (κ1) is 14.3. The molecule has 0 spiro atoms. The van der Waals surface area contributed by atoms with E-state index in [0.29, 0.717) is 17.3 Å². The number of nitrogens with one attached hydrogen (secondary N) is 2. The number of nitrogens with zero attached hydrogens (tertiary/aromatic N) is 3. The van der Waals surface area contributed by atoms with Crippen molar-refractivity contribution in [3.05, 3.63) is 46.4 Å². The number of hydrogen-bond acceptors (Lipinski definition) is 3. The van der Waals surface area contributed by atoms with Gasteiger partial charge >= 0.3 is 0 Å². The second-order valence-electron chi connectivity index (χ2n) is 6.00. The van der Waals surface area contributed by atoms with Gasteiger partial charge in [-0.3, -0.25) is 4.79 Å². The van der Waals surface area contributed by atoms with Crippen LogP contribution in [0.3, 0.4) is 0 Å². The Kier molecular flexibility index (Phi) is 3.34. The van der Waals surface area contributed by atoms with Crippen molar-refractivity contribution in [1.82, 2.24) is 25.3 Å². The Bertz CT molecular complexity index is 870. The third-order valence-electron chi connectivity index (χ3n) is 4.45. The van der Waals surface area contributed by atoms with Crippen LogP contribution in [-0.2, 0) is 0 Å². The van der Waals surface area contributed by atoms with Gasteiger partial charge in [-0.15, -0.1) is 0 Å². The SMILES string of the molecule is Cc1cc(Cl)cc2cc(C(=O)N3CCC(c4cn[nH]n4)C3)[nH]c12. The number of fused-ring (bicyclic) bond motifs is 1. The van der Waals surface area contributed by atoms with Crippen LogP contribution in [0.25, 0.3) is 10.9 Å². The molecule has 3 aromatic rings. The lowest BCUT2D eigenvalue weighted by molar-refractivity contribution is 0.0786. The normalized spacial score (nSPS) is 18.0. The van der Waals surface area contributed by atoms with Gasteiger partial charge in [0.2, 0.25) is 0 Å². The molecule has 118 valence electrons. The Balaban J connectivity index is 1.59. The van der Waals surface area contributed by atoms with Gasteiger partial charge in [0.15, 0.2) is 0 Å². The monoisotopic (exact) mass is 329 g/mol. The molecular formula is C16H16ClN5O. The van der Waals surface area contributed by atoms with E-state index in [0.717, 1.165) is 35.1 Å². The number of aromatic amines is 2. The molecule has 2 N–H and O–H groups in total. The van der Waals surface area contributed by atoms with Crippen molar-refractivity contribution in [3.63, 3.8) is 0 Å². The lowest BCUT2D eigenvalue weighted by atomic mass is 10.1. The summed E-state index contributed by atoms with van der Waals surface area (Å²) in [4.78, 5) is 17.8. The molecule has 1 saturated heterocycles. The number of halogens is 1. The fourth-order valence-corrected chi connectivity index (χ4v) is 3.54. The Morgan fingerprint density at radius 2 is 2.26 bits per heavy atom. The van der Waals surface area contributed by atoms with E-state index in [2.05, 4.69) is 20.4 Å². The van der Waals surface area contributed by atoms with Crippen LogP contribution in [0.4, 0.5) is 0 Å². The number of amides is 1. The highest BCUT2D eigenvalue weighted by molar-refractivity contribution is 6.31. The molecular weight excluding hydrogens is 314 g/mol. The van der Waals surface area contributed by atoms with Crippen molar-refractivity contribution < 1.29 is 4.79 Å². The maximum atomic E-state index is 12.7. The number of hydrogen-bond donors (Lipinski definition) is 2. The largest absolute Gasteiger partial charge is 0.350 e. The van der Waals surface area contributed by atoms with Crippen LogP contribution in [-0.4, -0.2) is 44.3 Å². The van der Waals surface area contributed by atoms with Crippen LogP contribution in [0.1, 0.15) is 34.1 Å². The number of carbonyl (C=O) groups is 1. The number of carbonyl (C=O) groups excluding carboxylic acids is 1. The zero-order valence-electron chi connectivity index (χ0n) is 12.6. The highest BCUT2D eigenvalue weighted by Crippen LogP contribution is 2.28. The van der Waals surface area contributed by atoms with Crippen LogP contribution in [0.2, 0.25) is 5.02 Å². The molecule has 4 rings (SSSR count). The van der Waals surface area contributed by atoms with Crippen molar-refractivity contribution >= 4 is 28.4 Å². The lowest BCUT2D eigenvalue weighted by Gasteiger charge is -2.14. The molecule has 23 heavy (non-hydrogen) atoms. The minimum atomic E-state index is 0.0164. The second-order valence-corrected chi connectivity index (χ2v) is 6.44. The lowest BCUT2D eigenvalue weighted by Crippen LogP contribution is -2.28. The number of benzene rings is 1. The smallest absolute Gasteiger partial charge is 0.270 e. The molecule has 1 aromatic carbocycles. The highest BCUT2D eigenvalue weighted by atomic mass is 35.5. The van der Waals surface area contributed by atoms with Crippen molar-refractivity contribution in [3.8, 4) is 0 Å². The minimum Gasteiger partial charge on any atom is -0.350 e. The van der Waals surface area contributed by atoms with Crippen molar-refractivity contribution in [1.29, 1.82) is 0 Å².